The van der Waals surface area contributed by atoms with E-state index in [-0.39, 0.29) is 5.56 Å². The molecule has 0 heterocycles. The molecule has 3 unspecified atom stereocenters. The normalized spacial score (nSPS) is 19.3. The van der Waals surface area contributed by atoms with Gasteiger partial charge in [-0.15, -0.1) is 0 Å². The third-order valence-corrected chi connectivity index (χ3v) is 2.76. The molecule has 0 bridgehead atoms. The molecule has 7 nitrogen and oxygen atoms in total. The van der Waals surface area contributed by atoms with E-state index in [4.69, 9.17) is 10.8 Å². The summed E-state index contributed by atoms with van der Waals surface area (Å²) in [5.74, 6) is -1.01. The first-order chi connectivity index (χ1) is 8.82. The van der Waals surface area contributed by atoms with Crippen LogP contribution in [0.3, 0.4) is 0 Å². The van der Waals surface area contributed by atoms with Gasteiger partial charge in [-0.1, -0.05) is 30.3 Å². The number of nitrogens with two attached hydrogens (primary N) is 1. The van der Waals surface area contributed by atoms with Gasteiger partial charge in [0.1, 0.15) is 18.3 Å². The van der Waals surface area contributed by atoms with Crippen LogP contribution in [0.5, 0.6) is 0 Å². The third-order valence-electron chi connectivity index (χ3n) is 2.76. The zero-order valence-corrected chi connectivity index (χ0v) is 10.0. The van der Waals surface area contributed by atoms with Crippen LogP contribution in [-0.2, 0) is 0 Å². The molecule has 0 saturated heterocycles. The summed E-state index contributed by atoms with van der Waals surface area (Å²) in [4.78, 5) is 11.9. The maximum Gasteiger partial charge on any atom is 0.212 e. The molecule has 0 aromatic heterocycles. The van der Waals surface area contributed by atoms with Crippen molar-refractivity contribution in [3.63, 3.8) is 0 Å². The molecule has 19 heavy (non-hydrogen) atoms. The maximum absolute atomic E-state index is 11.9. The average molecular weight is 271 g/mol. The number of hydrogen-bond acceptors (Lipinski definition) is 7. The number of aliphatic hydroxyl groups is 5. The fraction of sp³-hybridized carbons (Fsp3) is 0.417. The Morgan fingerprint density at radius 2 is 1.74 bits per heavy atom. The second kappa shape index (κ2) is 6.20. The second-order valence-electron chi connectivity index (χ2n) is 4.21. The summed E-state index contributed by atoms with van der Waals surface area (Å²) >= 11 is 0. The summed E-state index contributed by atoms with van der Waals surface area (Å²) in [6.07, 6.45) is -5.84. The third kappa shape index (κ3) is 3.35. The topological polar surface area (TPSA) is 144 Å². The van der Waals surface area contributed by atoms with Gasteiger partial charge in [0.15, 0.2) is 0 Å². The van der Waals surface area contributed by atoms with Crippen LogP contribution in [0.25, 0.3) is 0 Å². The molecule has 0 spiro atoms. The Hall–Kier alpha value is -1.35. The molecule has 1 rings (SSSR count). The van der Waals surface area contributed by atoms with E-state index in [2.05, 4.69) is 0 Å². The fourth-order valence-electron chi connectivity index (χ4n) is 1.53. The van der Waals surface area contributed by atoms with Crippen molar-refractivity contribution in [3.05, 3.63) is 35.9 Å². The van der Waals surface area contributed by atoms with E-state index in [1.807, 2.05) is 0 Å². The molecule has 106 valence electrons. The van der Waals surface area contributed by atoms with Crippen molar-refractivity contribution in [1.29, 1.82) is 0 Å². The van der Waals surface area contributed by atoms with Gasteiger partial charge in [0.05, 0.1) is 6.61 Å². The quantitative estimate of drug-likeness (QED) is 0.250. The standard InChI is InChI=1S/C12H17NO6/c13-12(19,11(18)9(16)8(15)6-14)10(17)7-4-2-1-3-5-7/h1-5,8-9,11,14-16,18-19H,6,13H2/t8?,9?,11?,12-/m1/s1. The van der Waals surface area contributed by atoms with Crippen LogP contribution in [0.15, 0.2) is 30.3 Å². The van der Waals surface area contributed by atoms with E-state index in [1.165, 1.54) is 24.3 Å². The number of Topliss-reactive ketones (excluding diaryl/α,β-unsaturated/α-hetero) is 1. The van der Waals surface area contributed by atoms with Crippen LogP contribution in [0.4, 0.5) is 0 Å². The molecular weight excluding hydrogens is 254 g/mol. The lowest BCUT2D eigenvalue weighted by Gasteiger charge is -2.32. The Morgan fingerprint density at radius 3 is 2.21 bits per heavy atom. The molecule has 4 atom stereocenters. The van der Waals surface area contributed by atoms with Crippen LogP contribution in [-0.4, -0.2) is 62.0 Å². The molecule has 0 fully saturated rings. The van der Waals surface area contributed by atoms with Crippen molar-refractivity contribution < 1.29 is 30.3 Å². The second-order valence-corrected chi connectivity index (χ2v) is 4.21. The predicted molar refractivity (Wildman–Crippen MR) is 65.0 cm³/mol. The first-order valence-electron chi connectivity index (χ1n) is 5.58. The molecule has 0 amide bonds. The minimum atomic E-state index is -2.78. The van der Waals surface area contributed by atoms with Gasteiger partial charge in [-0.05, 0) is 0 Å². The van der Waals surface area contributed by atoms with Crippen molar-refractivity contribution >= 4 is 5.78 Å². The summed E-state index contributed by atoms with van der Waals surface area (Å²) in [6, 6.07) is 7.47. The summed E-state index contributed by atoms with van der Waals surface area (Å²) < 4.78 is 0. The molecule has 7 heteroatoms. The molecular formula is C12H17NO6. The van der Waals surface area contributed by atoms with Gasteiger partial charge < -0.3 is 25.5 Å². The van der Waals surface area contributed by atoms with Crippen LogP contribution < -0.4 is 5.73 Å². The SMILES string of the molecule is N[C@@](O)(C(=O)c1ccccc1)C(O)C(O)C(O)CO. The molecule has 0 aliphatic rings. The van der Waals surface area contributed by atoms with Gasteiger partial charge in [0.2, 0.25) is 11.5 Å². The number of hydrogen-bond donors (Lipinski definition) is 6. The number of ketones is 1. The number of benzene rings is 1. The van der Waals surface area contributed by atoms with E-state index in [1.54, 1.807) is 6.07 Å². The molecule has 0 aliphatic heterocycles. The van der Waals surface area contributed by atoms with Crippen molar-refractivity contribution in [2.24, 2.45) is 5.73 Å². The summed E-state index contributed by atoms with van der Waals surface area (Å²) in [6.45, 7) is -0.853. The van der Waals surface area contributed by atoms with Crippen molar-refractivity contribution in [2.75, 3.05) is 6.61 Å². The van der Waals surface area contributed by atoms with Crippen LogP contribution in [0.2, 0.25) is 0 Å². The summed E-state index contributed by atoms with van der Waals surface area (Å²) in [7, 11) is 0. The number of rotatable bonds is 6. The summed E-state index contributed by atoms with van der Waals surface area (Å²) in [5, 5.41) is 46.8. The highest BCUT2D eigenvalue weighted by molar-refractivity contribution is 6.02. The van der Waals surface area contributed by atoms with Crippen LogP contribution >= 0.6 is 0 Å². The van der Waals surface area contributed by atoms with E-state index >= 15 is 0 Å². The highest BCUT2D eigenvalue weighted by atomic mass is 16.4. The summed E-state index contributed by atoms with van der Waals surface area (Å²) in [5.41, 5.74) is 2.59. The highest BCUT2D eigenvalue weighted by Crippen LogP contribution is 2.17. The van der Waals surface area contributed by atoms with Gasteiger partial charge in [0.25, 0.3) is 0 Å². The maximum atomic E-state index is 11.9. The van der Waals surface area contributed by atoms with E-state index in [9.17, 15) is 25.2 Å². The fourth-order valence-corrected chi connectivity index (χ4v) is 1.53. The van der Waals surface area contributed by atoms with Gasteiger partial charge in [-0.2, -0.15) is 0 Å². The molecule has 0 aliphatic carbocycles. The van der Waals surface area contributed by atoms with E-state index in [0.717, 1.165) is 0 Å². The van der Waals surface area contributed by atoms with Gasteiger partial charge >= 0.3 is 0 Å². The lowest BCUT2D eigenvalue weighted by Crippen LogP contribution is -2.63. The zero-order valence-electron chi connectivity index (χ0n) is 10.0. The Morgan fingerprint density at radius 1 is 1.21 bits per heavy atom. The monoisotopic (exact) mass is 271 g/mol. The average Bonchev–Trinajstić information content (AvgIpc) is 2.44. The first kappa shape index (κ1) is 15.7. The first-order valence-corrected chi connectivity index (χ1v) is 5.58. The number of carbonyl (C=O) groups is 1. The van der Waals surface area contributed by atoms with Gasteiger partial charge in [-0.25, -0.2) is 0 Å². The Kier molecular flexibility index (Phi) is 5.12. The molecule has 0 radical (unpaired) electrons. The number of carbonyl (C=O) groups excluding carboxylic acids is 1. The van der Waals surface area contributed by atoms with Crippen molar-refractivity contribution in [2.45, 2.75) is 24.0 Å². The minimum Gasteiger partial charge on any atom is -0.394 e. The molecule has 1 aromatic carbocycles. The van der Waals surface area contributed by atoms with Crippen molar-refractivity contribution in [3.8, 4) is 0 Å². The molecule has 7 N–H and O–H groups in total. The molecule has 0 saturated carbocycles. The predicted octanol–water partition coefficient (Wildman–Crippen LogP) is -2.41. The Bertz CT molecular complexity index is 421. The highest BCUT2D eigenvalue weighted by Gasteiger charge is 2.45. The lowest BCUT2D eigenvalue weighted by atomic mass is 9.91. The Balaban J connectivity index is 2.94. The minimum absolute atomic E-state index is 0.0391. The van der Waals surface area contributed by atoms with E-state index < -0.39 is 36.4 Å². The van der Waals surface area contributed by atoms with Crippen molar-refractivity contribution in [1.82, 2.24) is 0 Å². The Labute approximate surface area is 109 Å². The lowest BCUT2D eigenvalue weighted by molar-refractivity contribution is -0.139. The zero-order chi connectivity index (χ0) is 14.6. The van der Waals surface area contributed by atoms with E-state index in [0.29, 0.717) is 0 Å². The van der Waals surface area contributed by atoms with Crippen LogP contribution in [0, 0.1) is 0 Å². The van der Waals surface area contributed by atoms with Gasteiger partial charge in [0, 0.05) is 5.56 Å². The largest absolute Gasteiger partial charge is 0.394 e. The number of aliphatic hydroxyl groups excluding tert-OH is 4. The smallest absolute Gasteiger partial charge is 0.212 e. The molecule has 1 aromatic rings. The van der Waals surface area contributed by atoms with Crippen LogP contribution in [0.1, 0.15) is 10.4 Å². The van der Waals surface area contributed by atoms with Gasteiger partial charge in [-0.3, -0.25) is 10.5 Å².